The Morgan fingerprint density at radius 2 is 2.78 bits per heavy atom. The number of nitrogens with zero attached hydrogens (tertiary/aromatic N) is 1. The maximum absolute atomic E-state index is 10.1. The van der Waals surface area contributed by atoms with Gasteiger partial charge in [-0.25, -0.2) is 0 Å². The van der Waals surface area contributed by atoms with E-state index in [2.05, 4.69) is 10.5 Å². The summed E-state index contributed by atoms with van der Waals surface area (Å²) < 4.78 is 0. The topological polar surface area (TPSA) is 61.7 Å². The van der Waals surface area contributed by atoms with Crippen molar-refractivity contribution in [3.05, 3.63) is 0 Å². The Labute approximate surface area is 52.6 Å². The molecule has 1 aliphatic rings. The van der Waals surface area contributed by atoms with Gasteiger partial charge in [-0.1, -0.05) is 0 Å². The summed E-state index contributed by atoms with van der Waals surface area (Å²) in [4.78, 5) is 10.1. The Morgan fingerprint density at radius 3 is 3.22 bits per heavy atom. The monoisotopic (exact) mass is 128 g/mol. The Hall–Kier alpha value is -1.06. The van der Waals surface area contributed by atoms with Crippen LogP contribution in [0, 0.1) is 5.92 Å². The highest BCUT2D eigenvalue weighted by molar-refractivity contribution is 5.74. The Balaban J connectivity index is 2.28. The first-order valence-electron chi connectivity index (χ1n) is 2.77. The maximum Gasteiger partial charge on any atom is 0.304 e. The molecule has 2 N–H and O–H groups in total. The molecule has 0 aromatic rings. The van der Waals surface area contributed by atoms with Gasteiger partial charge in [-0.05, 0) is 0 Å². The van der Waals surface area contributed by atoms with Crippen LogP contribution in [0.4, 0.5) is 0 Å². The van der Waals surface area contributed by atoms with Crippen LogP contribution in [0.25, 0.3) is 0 Å². The number of hydrazone groups is 1. The van der Waals surface area contributed by atoms with Crippen LogP contribution in [0.15, 0.2) is 5.10 Å². The van der Waals surface area contributed by atoms with Crippen molar-refractivity contribution in [3.63, 3.8) is 0 Å². The van der Waals surface area contributed by atoms with E-state index in [1.807, 2.05) is 0 Å². The third-order valence-corrected chi connectivity index (χ3v) is 1.17. The zero-order valence-corrected chi connectivity index (χ0v) is 4.87. The average molecular weight is 128 g/mol. The van der Waals surface area contributed by atoms with E-state index in [1.54, 1.807) is 6.21 Å². The molecular formula is C5H8N2O2. The fourth-order valence-corrected chi connectivity index (χ4v) is 0.730. The summed E-state index contributed by atoms with van der Waals surface area (Å²) in [7, 11) is 0. The Kier molecular flexibility index (Phi) is 1.67. The van der Waals surface area contributed by atoms with Gasteiger partial charge in [-0.2, -0.15) is 5.10 Å². The number of hydrogen-bond donors (Lipinski definition) is 2. The number of carboxylic acid groups (broad SMARTS) is 1. The third-order valence-electron chi connectivity index (χ3n) is 1.17. The van der Waals surface area contributed by atoms with E-state index in [0.717, 1.165) is 0 Å². The second-order valence-corrected chi connectivity index (χ2v) is 2.00. The van der Waals surface area contributed by atoms with Crippen molar-refractivity contribution in [2.24, 2.45) is 11.0 Å². The molecule has 1 heterocycles. The molecule has 1 atom stereocenters. The summed E-state index contributed by atoms with van der Waals surface area (Å²) in [5.74, 6) is -0.683. The molecule has 1 aliphatic heterocycles. The van der Waals surface area contributed by atoms with E-state index in [1.165, 1.54) is 0 Å². The minimum atomic E-state index is -0.768. The minimum Gasteiger partial charge on any atom is -0.481 e. The first-order valence-corrected chi connectivity index (χ1v) is 2.77. The zero-order chi connectivity index (χ0) is 6.69. The largest absolute Gasteiger partial charge is 0.481 e. The fraction of sp³-hybridized carbons (Fsp3) is 0.600. The summed E-state index contributed by atoms with van der Waals surface area (Å²) >= 11 is 0. The maximum atomic E-state index is 10.1. The first-order chi connectivity index (χ1) is 4.29. The molecule has 0 saturated heterocycles. The lowest BCUT2D eigenvalue weighted by Crippen LogP contribution is -2.13. The predicted molar refractivity (Wildman–Crippen MR) is 32.2 cm³/mol. The Morgan fingerprint density at radius 1 is 2.00 bits per heavy atom. The van der Waals surface area contributed by atoms with Gasteiger partial charge in [0.25, 0.3) is 0 Å². The van der Waals surface area contributed by atoms with Crippen LogP contribution in [0.5, 0.6) is 0 Å². The molecule has 0 saturated carbocycles. The second kappa shape index (κ2) is 2.48. The van der Waals surface area contributed by atoms with Crippen LogP contribution >= 0.6 is 0 Å². The number of rotatable bonds is 2. The van der Waals surface area contributed by atoms with Crippen LogP contribution in [-0.2, 0) is 4.79 Å². The average Bonchev–Trinajstić information content (AvgIpc) is 2.15. The molecule has 0 bridgehead atoms. The van der Waals surface area contributed by atoms with E-state index in [4.69, 9.17) is 5.11 Å². The molecule has 4 heteroatoms. The van der Waals surface area contributed by atoms with Gasteiger partial charge >= 0.3 is 5.97 Å². The molecule has 9 heavy (non-hydrogen) atoms. The van der Waals surface area contributed by atoms with Gasteiger partial charge in [-0.3, -0.25) is 4.79 Å². The molecule has 0 fully saturated rings. The van der Waals surface area contributed by atoms with E-state index >= 15 is 0 Å². The van der Waals surface area contributed by atoms with Crippen molar-refractivity contribution < 1.29 is 9.90 Å². The lowest BCUT2D eigenvalue weighted by Gasteiger charge is -1.97. The highest BCUT2D eigenvalue weighted by Crippen LogP contribution is 2.01. The number of carbonyl (C=O) groups is 1. The van der Waals surface area contributed by atoms with Gasteiger partial charge in [-0.15, -0.1) is 0 Å². The molecule has 50 valence electrons. The summed E-state index contributed by atoms with van der Waals surface area (Å²) in [5, 5.41) is 12.0. The highest BCUT2D eigenvalue weighted by Gasteiger charge is 2.13. The predicted octanol–water partition coefficient (Wildman–Crippen LogP) is -0.334. The summed E-state index contributed by atoms with van der Waals surface area (Å²) in [6, 6.07) is 0. The first kappa shape index (κ1) is 6.07. The number of carboxylic acids is 1. The molecule has 0 spiro atoms. The van der Waals surface area contributed by atoms with Gasteiger partial charge in [0.1, 0.15) is 0 Å². The zero-order valence-electron chi connectivity index (χ0n) is 4.87. The number of aliphatic carboxylic acids is 1. The van der Waals surface area contributed by atoms with Crippen LogP contribution in [0.3, 0.4) is 0 Å². The van der Waals surface area contributed by atoms with Crippen molar-refractivity contribution in [2.75, 3.05) is 6.54 Å². The van der Waals surface area contributed by atoms with Crippen LogP contribution < -0.4 is 5.43 Å². The van der Waals surface area contributed by atoms with E-state index < -0.39 is 5.97 Å². The number of hydrogen-bond acceptors (Lipinski definition) is 3. The summed E-state index contributed by atoms with van der Waals surface area (Å²) in [5.41, 5.74) is 2.68. The van der Waals surface area contributed by atoms with Gasteiger partial charge in [0.05, 0.1) is 6.42 Å². The van der Waals surface area contributed by atoms with E-state index in [9.17, 15) is 4.79 Å². The van der Waals surface area contributed by atoms with Gasteiger partial charge in [0.15, 0.2) is 0 Å². The van der Waals surface area contributed by atoms with E-state index in [-0.39, 0.29) is 12.3 Å². The van der Waals surface area contributed by atoms with Crippen LogP contribution in [0.2, 0.25) is 0 Å². The highest BCUT2D eigenvalue weighted by atomic mass is 16.4. The third kappa shape index (κ3) is 1.71. The molecule has 4 nitrogen and oxygen atoms in total. The minimum absolute atomic E-state index is 0.0856. The SMILES string of the molecule is O=C(O)CC1C=NNC1. The van der Waals surface area contributed by atoms with Crippen molar-refractivity contribution in [1.29, 1.82) is 0 Å². The van der Waals surface area contributed by atoms with Gasteiger partial charge in [0.2, 0.25) is 0 Å². The summed E-state index contributed by atoms with van der Waals surface area (Å²) in [6.45, 7) is 0.659. The van der Waals surface area contributed by atoms with Crippen LogP contribution in [0.1, 0.15) is 6.42 Å². The lowest BCUT2D eigenvalue weighted by atomic mass is 10.1. The molecule has 1 rings (SSSR count). The van der Waals surface area contributed by atoms with Gasteiger partial charge in [0, 0.05) is 18.7 Å². The molecule has 1 unspecified atom stereocenters. The second-order valence-electron chi connectivity index (χ2n) is 2.00. The lowest BCUT2D eigenvalue weighted by molar-refractivity contribution is -0.137. The summed E-state index contributed by atoms with van der Waals surface area (Å²) in [6.07, 6.45) is 1.81. The molecule has 0 radical (unpaired) electrons. The van der Waals surface area contributed by atoms with Crippen molar-refractivity contribution >= 4 is 12.2 Å². The molecule has 0 aliphatic carbocycles. The van der Waals surface area contributed by atoms with Crippen molar-refractivity contribution in [2.45, 2.75) is 6.42 Å². The quantitative estimate of drug-likeness (QED) is 0.535. The molecule has 0 aromatic carbocycles. The van der Waals surface area contributed by atoms with Gasteiger partial charge < -0.3 is 10.5 Å². The normalized spacial score (nSPS) is 23.8. The molecule has 0 aromatic heterocycles. The van der Waals surface area contributed by atoms with Crippen molar-refractivity contribution in [3.8, 4) is 0 Å². The Bertz CT molecular complexity index is 144. The smallest absolute Gasteiger partial charge is 0.304 e. The fourth-order valence-electron chi connectivity index (χ4n) is 0.730. The van der Waals surface area contributed by atoms with Crippen molar-refractivity contribution in [1.82, 2.24) is 5.43 Å². The standard InChI is InChI=1S/C5H8N2O2/c8-5(9)1-4-2-6-7-3-4/h2,4,7H,1,3H2,(H,8,9). The van der Waals surface area contributed by atoms with Crippen LogP contribution in [-0.4, -0.2) is 23.8 Å². The number of nitrogens with one attached hydrogen (secondary N) is 1. The molecular weight excluding hydrogens is 120 g/mol. The molecule has 0 amide bonds. The van der Waals surface area contributed by atoms with E-state index in [0.29, 0.717) is 6.54 Å².